The molecule has 0 radical (unpaired) electrons. The molecule has 1 saturated heterocycles. The molecule has 3 aromatic rings. The van der Waals surface area contributed by atoms with Crippen molar-refractivity contribution in [1.29, 1.82) is 0 Å². The Morgan fingerprint density at radius 3 is 2.67 bits per heavy atom. The van der Waals surface area contributed by atoms with E-state index in [1.807, 2.05) is 60.7 Å². The van der Waals surface area contributed by atoms with Crippen molar-refractivity contribution in [3.05, 3.63) is 78.4 Å². The highest BCUT2D eigenvalue weighted by Gasteiger charge is 2.21. The summed E-state index contributed by atoms with van der Waals surface area (Å²) in [6.07, 6.45) is 4.83. The minimum atomic E-state index is -0.201. The van der Waals surface area contributed by atoms with Gasteiger partial charge in [0.05, 0.1) is 0 Å². The van der Waals surface area contributed by atoms with Gasteiger partial charge in [-0.3, -0.25) is 9.59 Å². The number of nitrogens with one attached hydrogen (secondary N) is 1. The predicted molar refractivity (Wildman–Crippen MR) is 110 cm³/mol. The van der Waals surface area contributed by atoms with Gasteiger partial charge in [-0.15, -0.1) is 0 Å². The summed E-state index contributed by atoms with van der Waals surface area (Å²) in [6, 6.07) is 21.5. The molecular formula is C23H20N2O2. The Labute approximate surface area is 158 Å². The Morgan fingerprint density at radius 2 is 1.81 bits per heavy atom. The Balaban J connectivity index is 1.49. The number of rotatable bonds is 4. The van der Waals surface area contributed by atoms with Crippen LogP contribution in [-0.4, -0.2) is 18.4 Å². The molecule has 1 N–H and O–H groups in total. The highest BCUT2D eigenvalue weighted by molar-refractivity contribution is 6.04. The van der Waals surface area contributed by atoms with E-state index < -0.39 is 0 Å². The first kappa shape index (κ1) is 17.0. The molecule has 1 fully saturated rings. The van der Waals surface area contributed by atoms with Gasteiger partial charge in [0, 0.05) is 30.4 Å². The summed E-state index contributed by atoms with van der Waals surface area (Å²) < 4.78 is 0. The molecule has 0 aliphatic carbocycles. The standard InChI is InChI=1S/C23H20N2O2/c26-22(14-13-18-8-3-7-17-6-1-2-11-21(17)18)24-19-9-4-10-20(16-19)25-15-5-12-23(25)27/h1-4,6-11,13-14,16H,5,12,15H2,(H,24,26)/b14-13+. The quantitative estimate of drug-likeness (QED) is 0.694. The number of nitrogens with zero attached hydrogens (tertiary/aromatic N) is 1. The van der Waals surface area contributed by atoms with Crippen LogP contribution < -0.4 is 10.2 Å². The molecule has 4 rings (SSSR count). The summed E-state index contributed by atoms with van der Waals surface area (Å²) in [4.78, 5) is 26.0. The molecule has 0 aromatic heterocycles. The molecule has 134 valence electrons. The number of carbonyl (C=O) groups is 2. The molecule has 0 unspecified atom stereocenters. The summed E-state index contributed by atoms with van der Waals surface area (Å²) in [7, 11) is 0. The first-order valence-corrected chi connectivity index (χ1v) is 9.08. The van der Waals surface area contributed by atoms with Gasteiger partial charge in [0.25, 0.3) is 0 Å². The molecular weight excluding hydrogens is 336 g/mol. The van der Waals surface area contributed by atoms with E-state index in [1.165, 1.54) is 6.08 Å². The maximum absolute atomic E-state index is 12.3. The first-order chi connectivity index (χ1) is 13.2. The topological polar surface area (TPSA) is 49.4 Å². The van der Waals surface area contributed by atoms with Gasteiger partial charge in [0.15, 0.2) is 0 Å². The van der Waals surface area contributed by atoms with Gasteiger partial charge in [-0.05, 0) is 47.0 Å². The van der Waals surface area contributed by atoms with Crippen LogP contribution in [0.1, 0.15) is 18.4 Å². The predicted octanol–water partition coefficient (Wildman–Crippen LogP) is 4.62. The average Bonchev–Trinajstić information content (AvgIpc) is 3.12. The molecule has 27 heavy (non-hydrogen) atoms. The number of anilines is 2. The van der Waals surface area contributed by atoms with Gasteiger partial charge in [-0.1, -0.05) is 48.5 Å². The highest BCUT2D eigenvalue weighted by atomic mass is 16.2. The van der Waals surface area contributed by atoms with Gasteiger partial charge >= 0.3 is 0 Å². The Kier molecular flexibility index (Phi) is 4.71. The van der Waals surface area contributed by atoms with Crippen molar-refractivity contribution in [3.8, 4) is 0 Å². The number of amides is 2. The Bertz CT molecular complexity index is 1030. The van der Waals surface area contributed by atoms with Crippen molar-refractivity contribution in [2.24, 2.45) is 0 Å². The van der Waals surface area contributed by atoms with Crippen LogP contribution in [0.2, 0.25) is 0 Å². The molecule has 4 nitrogen and oxygen atoms in total. The summed E-state index contributed by atoms with van der Waals surface area (Å²) in [5.41, 5.74) is 2.51. The molecule has 1 aliphatic heterocycles. The van der Waals surface area contributed by atoms with Crippen molar-refractivity contribution < 1.29 is 9.59 Å². The van der Waals surface area contributed by atoms with Crippen molar-refractivity contribution in [2.45, 2.75) is 12.8 Å². The third-order valence-electron chi connectivity index (χ3n) is 4.74. The first-order valence-electron chi connectivity index (χ1n) is 9.08. The third kappa shape index (κ3) is 3.75. The monoisotopic (exact) mass is 356 g/mol. The van der Waals surface area contributed by atoms with E-state index in [-0.39, 0.29) is 11.8 Å². The zero-order chi connectivity index (χ0) is 18.6. The molecule has 0 saturated carbocycles. The van der Waals surface area contributed by atoms with Gasteiger partial charge < -0.3 is 10.2 Å². The molecule has 1 aliphatic rings. The maximum Gasteiger partial charge on any atom is 0.248 e. The van der Waals surface area contributed by atoms with E-state index in [0.29, 0.717) is 12.1 Å². The molecule has 0 atom stereocenters. The lowest BCUT2D eigenvalue weighted by molar-refractivity contribution is -0.117. The van der Waals surface area contributed by atoms with E-state index in [4.69, 9.17) is 0 Å². The molecule has 0 bridgehead atoms. The van der Waals surface area contributed by atoms with E-state index in [9.17, 15) is 9.59 Å². The lowest BCUT2D eigenvalue weighted by Gasteiger charge is -2.16. The van der Waals surface area contributed by atoms with Crippen LogP contribution in [0.25, 0.3) is 16.8 Å². The third-order valence-corrected chi connectivity index (χ3v) is 4.74. The van der Waals surface area contributed by atoms with E-state index in [2.05, 4.69) is 17.4 Å². The smallest absolute Gasteiger partial charge is 0.248 e. The van der Waals surface area contributed by atoms with Crippen LogP contribution >= 0.6 is 0 Å². The summed E-state index contributed by atoms with van der Waals surface area (Å²) >= 11 is 0. The molecule has 3 aromatic carbocycles. The van der Waals surface area contributed by atoms with Gasteiger partial charge in [-0.25, -0.2) is 0 Å². The van der Waals surface area contributed by atoms with Crippen molar-refractivity contribution in [2.75, 3.05) is 16.8 Å². The van der Waals surface area contributed by atoms with Gasteiger partial charge in [0.1, 0.15) is 0 Å². The minimum absolute atomic E-state index is 0.134. The van der Waals surface area contributed by atoms with Crippen LogP contribution in [-0.2, 0) is 9.59 Å². The number of hydrogen-bond acceptors (Lipinski definition) is 2. The SMILES string of the molecule is O=C(/C=C/c1cccc2ccccc12)Nc1cccc(N2CCCC2=O)c1. The van der Waals surface area contributed by atoms with Gasteiger partial charge in [0.2, 0.25) is 11.8 Å². The van der Waals surface area contributed by atoms with Crippen LogP contribution in [0.3, 0.4) is 0 Å². The van der Waals surface area contributed by atoms with Crippen LogP contribution in [0, 0.1) is 0 Å². The van der Waals surface area contributed by atoms with Crippen molar-refractivity contribution in [3.63, 3.8) is 0 Å². The van der Waals surface area contributed by atoms with Crippen molar-refractivity contribution in [1.82, 2.24) is 0 Å². The molecule has 0 spiro atoms. The van der Waals surface area contributed by atoms with Crippen molar-refractivity contribution >= 4 is 40.0 Å². The number of fused-ring (bicyclic) bond motifs is 1. The summed E-state index contributed by atoms with van der Waals surface area (Å²) in [6.45, 7) is 0.733. The summed E-state index contributed by atoms with van der Waals surface area (Å²) in [5.74, 6) is -0.0674. The fourth-order valence-corrected chi connectivity index (χ4v) is 3.42. The Hall–Kier alpha value is -3.40. The van der Waals surface area contributed by atoms with E-state index in [0.717, 1.165) is 35.0 Å². The number of benzene rings is 3. The lowest BCUT2D eigenvalue weighted by atomic mass is 10.0. The minimum Gasteiger partial charge on any atom is -0.322 e. The Morgan fingerprint density at radius 1 is 1.00 bits per heavy atom. The molecule has 1 heterocycles. The second kappa shape index (κ2) is 7.46. The molecule has 2 amide bonds. The number of hydrogen-bond donors (Lipinski definition) is 1. The van der Waals surface area contributed by atoms with Gasteiger partial charge in [-0.2, -0.15) is 0 Å². The lowest BCUT2D eigenvalue weighted by Crippen LogP contribution is -2.23. The molecule has 4 heteroatoms. The normalized spacial score (nSPS) is 14.2. The fraction of sp³-hybridized carbons (Fsp3) is 0.130. The average molecular weight is 356 g/mol. The second-order valence-electron chi connectivity index (χ2n) is 6.59. The zero-order valence-corrected chi connectivity index (χ0v) is 14.9. The fourth-order valence-electron chi connectivity index (χ4n) is 3.42. The van der Waals surface area contributed by atoms with Crippen LogP contribution in [0.15, 0.2) is 72.8 Å². The van der Waals surface area contributed by atoms with E-state index >= 15 is 0 Å². The summed E-state index contributed by atoms with van der Waals surface area (Å²) in [5, 5.41) is 5.13. The van der Waals surface area contributed by atoms with E-state index in [1.54, 1.807) is 4.90 Å². The second-order valence-corrected chi connectivity index (χ2v) is 6.59. The largest absolute Gasteiger partial charge is 0.322 e. The maximum atomic E-state index is 12.3. The zero-order valence-electron chi connectivity index (χ0n) is 14.9. The van der Waals surface area contributed by atoms with Crippen LogP contribution in [0.4, 0.5) is 11.4 Å². The number of carbonyl (C=O) groups excluding carboxylic acids is 2. The van der Waals surface area contributed by atoms with Crippen LogP contribution in [0.5, 0.6) is 0 Å². The highest BCUT2D eigenvalue weighted by Crippen LogP contribution is 2.24.